The Balaban J connectivity index is 7.04. The third-order valence-corrected chi connectivity index (χ3v) is 4.31. The van der Waals surface area contributed by atoms with Gasteiger partial charge in [-0.05, 0) is 36.7 Å². The van der Waals surface area contributed by atoms with Crippen LogP contribution in [0.3, 0.4) is 0 Å². The average Bonchev–Trinajstić information content (AvgIpc) is 2.49. The maximum Gasteiger partial charge on any atom is 0.338 e. The number of carbonyl (C=O) groups excluding carboxylic acids is 5. The minimum absolute atomic E-state index is 0.530. The molecule has 0 rings (SSSR count). The SMILES string of the molecule is COC(=O)[C@@H](O)[C@](O)(C(C)=O)[C@@](O)(C(C)=O)[C@](O)(C(C)=O)C(=O)Br. The molecule has 0 spiro atoms. The molecule has 10 nitrogen and oxygen atoms in total. The first-order valence-electron chi connectivity index (χ1n) is 6.33. The molecule has 0 heterocycles. The van der Waals surface area contributed by atoms with Gasteiger partial charge in [0.25, 0.3) is 0 Å². The van der Waals surface area contributed by atoms with E-state index < -0.39 is 50.9 Å². The van der Waals surface area contributed by atoms with Gasteiger partial charge in [0.2, 0.25) is 15.9 Å². The number of ketones is 3. The minimum atomic E-state index is -3.90. The van der Waals surface area contributed by atoms with Gasteiger partial charge in [-0.25, -0.2) is 4.79 Å². The highest BCUT2D eigenvalue weighted by Crippen LogP contribution is 2.40. The van der Waals surface area contributed by atoms with Crippen LogP contribution in [0.25, 0.3) is 0 Å². The highest BCUT2D eigenvalue weighted by Gasteiger charge is 2.75. The Morgan fingerprint density at radius 1 is 0.917 bits per heavy atom. The van der Waals surface area contributed by atoms with Crippen LogP contribution in [0.1, 0.15) is 20.8 Å². The Morgan fingerprint density at radius 2 is 1.33 bits per heavy atom. The van der Waals surface area contributed by atoms with Gasteiger partial charge in [0.1, 0.15) is 0 Å². The molecule has 11 heteroatoms. The number of Topliss-reactive ketones (excluding diaryl/α,β-unsaturated/α-hetero) is 3. The molecule has 24 heavy (non-hydrogen) atoms. The molecule has 0 unspecified atom stereocenters. The van der Waals surface area contributed by atoms with Crippen molar-refractivity contribution in [1.29, 1.82) is 0 Å². The molecule has 0 aliphatic heterocycles. The van der Waals surface area contributed by atoms with E-state index in [1.165, 1.54) is 0 Å². The van der Waals surface area contributed by atoms with Crippen LogP contribution in [0.4, 0.5) is 0 Å². The first-order chi connectivity index (χ1) is 10.7. The zero-order valence-corrected chi connectivity index (χ0v) is 14.8. The number of methoxy groups -OCH3 is 1. The lowest BCUT2D eigenvalue weighted by atomic mass is 9.63. The summed E-state index contributed by atoms with van der Waals surface area (Å²) in [4.78, 5) is 58.9. The Kier molecular flexibility index (Phi) is 6.69. The van der Waals surface area contributed by atoms with E-state index in [0.29, 0.717) is 20.8 Å². The van der Waals surface area contributed by atoms with Gasteiger partial charge >= 0.3 is 5.97 Å². The Morgan fingerprint density at radius 3 is 1.54 bits per heavy atom. The van der Waals surface area contributed by atoms with Crippen LogP contribution in [0.2, 0.25) is 0 Å². The fraction of sp³-hybridized carbons (Fsp3) is 0.615. The summed E-state index contributed by atoms with van der Waals surface area (Å²) in [6.45, 7) is 1.67. The zero-order chi connectivity index (χ0) is 19.7. The molecule has 0 saturated heterocycles. The number of aliphatic hydroxyl groups excluding tert-OH is 1. The topological polar surface area (TPSA) is 176 Å². The number of hydrogen-bond acceptors (Lipinski definition) is 10. The van der Waals surface area contributed by atoms with Crippen LogP contribution in [0.5, 0.6) is 0 Å². The standard InChI is InChI=1S/C13H17BrO10/c1-5(15)11(21,8(18)9(19)24-4)13(23,7(3)17)12(22,6(2)16)10(14)20/h8,18,21-23H,1-4H3/t8-,11-,12+,13+/m1/s1. The summed E-state index contributed by atoms with van der Waals surface area (Å²) < 4.78 is 2.45. The molecule has 0 aromatic rings. The van der Waals surface area contributed by atoms with Crippen molar-refractivity contribution in [2.24, 2.45) is 0 Å². The predicted octanol–water partition coefficient (Wildman–Crippen LogP) is -2.60. The highest BCUT2D eigenvalue weighted by molar-refractivity contribution is 9.18. The third kappa shape index (κ3) is 2.82. The second kappa shape index (κ2) is 7.15. The Bertz CT molecular complexity index is 586. The van der Waals surface area contributed by atoms with E-state index in [4.69, 9.17) is 0 Å². The number of esters is 1. The molecule has 0 aliphatic rings. The molecule has 136 valence electrons. The van der Waals surface area contributed by atoms with Gasteiger partial charge in [0.15, 0.2) is 29.1 Å². The van der Waals surface area contributed by atoms with E-state index in [9.17, 15) is 44.4 Å². The molecule has 0 aromatic carbocycles. The minimum Gasteiger partial charge on any atom is -0.467 e. The van der Waals surface area contributed by atoms with Crippen LogP contribution in [-0.4, -0.2) is 78.5 Å². The summed E-state index contributed by atoms with van der Waals surface area (Å²) in [5.41, 5.74) is -11.4. The van der Waals surface area contributed by atoms with Crippen molar-refractivity contribution in [3.63, 3.8) is 0 Å². The number of ether oxygens (including phenoxy) is 1. The van der Waals surface area contributed by atoms with Crippen LogP contribution < -0.4 is 0 Å². The van der Waals surface area contributed by atoms with Crippen LogP contribution in [0, 0.1) is 0 Å². The monoisotopic (exact) mass is 412 g/mol. The van der Waals surface area contributed by atoms with E-state index in [2.05, 4.69) is 20.7 Å². The van der Waals surface area contributed by atoms with Gasteiger partial charge in [-0.1, -0.05) is 0 Å². The maximum atomic E-state index is 12.0. The first kappa shape index (κ1) is 22.5. The van der Waals surface area contributed by atoms with Crippen LogP contribution in [-0.2, 0) is 28.7 Å². The predicted molar refractivity (Wildman–Crippen MR) is 78.8 cm³/mol. The first-order valence-corrected chi connectivity index (χ1v) is 7.12. The lowest BCUT2D eigenvalue weighted by molar-refractivity contribution is -0.243. The van der Waals surface area contributed by atoms with Gasteiger partial charge in [-0.2, -0.15) is 0 Å². The Labute approximate surface area is 144 Å². The summed E-state index contributed by atoms with van der Waals surface area (Å²) >= 11 is 2.20. The van der Waals surface area contributed by atoms with Gasteiger partial charge in [0, 0.05) is 0 Å². The average molecular weight is 413 g/mol. The molecular formula is C13H17BrO10. The van der Waals surface area contributed by atoms with Crippen molar-refractivity contribution >= 4 is 43.9 Å². The zero-order valence-electron chi connectivity index (χ0n) is 13.2. The third-order valence-electron chi connectivity index (χ3n) is 3.74. The molecule has 0 aromatic heterocycles. The smallest absolute Gasteiger partial charge is 0.338 e. The van der Waals surface area contributed by atoms with Gasteiger partial charge in [-0.15, -0.1) is 0 Å². The molecule has 0 radical (unpaired) electrons. The molecule has 0 aliphatic carbocycles. The van der Waals surface area contributed by atoms with Crippen LogP contribution >= 0.6 is 15.9 Å². The van der Waals surface area contributed by atoms with Crippen molar-refractivity contribution in [3.8, 4) is 0 Å². The number of carbonyl (C=O) groups is 5. The molecule has 0 saturated carbocycles. The summed E-state index contributed by atoms with van der Waals surface area (Å²) in [5.74, 6) is -6.45. The van der Waals surface area contributed by atoms with E-state index in [0.717, 1.165) is 7.11 Å². The normalized spacial score (nSPS) is 19.9. The van der Waals surface area contributed by atoms with E-state index in [1.54, 1.807) is 0 Å². The molecular weight excluding hydrogens is 396 g/mol. The molecule has 0 amide bonds. The van der Waals surface area contributed by atoms with Crippen molar-refractivity contribution in [1.82, 2.24) is 0 Å². The summed E-state index contributed by atoms with van der Waals surface area (Å²) in [5, 5.41) is 41.4. The van der Waals surface area contributed by atoms with Crippen molar-refractivity contribution in [2.45, 2.75) is 43.7 Å². The van der Waals surface area contributed by atoms with Crippen LogP contribution in [0.15, 0.2) is 0 Å². The lowest BCUT2D eigenvalue weighted by Crippen LogP contribution is -2.81. The van der Waals surface area contributed by atoms with Gasteiger partial charge < -0.3 is 25.2 Å². The van der Waals surface area contributed by atoms with Crippen molar-refractivity contribution < 1.29 is 49.1 Å². The summed E-state index contributed by atoms with van der Waals surface area (Å²) in [6.07, 6.45) is -2.90. The second-order valence-electron chi connectivity index (χ2n) is 5.06. The lowest BCUT2D eigenvalue weighted by Gasteiger charge is -2.47. The number of hydrogen-bond donors (Lipinski definition) is 4. The molecule has 0 fully saturated rings. The molecule has 4 atom stereocenters. The number of aliphatic hydroxyl groups is 4. The Hall–Kier alpha value is -1.53. The summed E-state index contributed by atoms with van der Waals surface area (Å²) in [7, 11) is 0.756. The van der Waals surface area contributed by atoms with Gasteiger partial charge in [-0.3, -0.25) is 19.2 Å². The fourth-order valence-electron chi connectivity index (χ4n) is 2.26. The van der Waals surface area contributed by atoms with E-state index >= 15 is 0 Å². The second-order valence-corrected chi connectivity index (χ2v) is 5.78. The number of rotatable bonds is 8. The van der Waals surface area contributed by atoms with E-state index in [1.807, 2.05) is 0 Å². The highest BCUT2D eigenvalue weighted by atomic mass is 79.9. The largest absolute Gasteiger partial charge is 0.467 e. The fourth-order valence-corrected chi connectivity index (χ4v) is 2.83. The maximum absolute atomic E-state index is 12.0. The molecule has 0 bridgehead atoms. The summed E-state index contributed by atoms with van der Waals surface area (Å²) in [6, 6.07) is 0. The van der Waals surface area contributed by atoms with Gasteiger partial charge in [0.05, 0.1) is 7.11 Å². The van der Waals surface area contributed by atoms with Crippen molar-refractivity contribution in [3.05, 3.63) is 0 Å². The number of halogens is 1. The van der Waals surface area contributed by atoms with Crippen molar-refractivity contribution in [2.75, 3.05) is 7.11 Å². The quantitative estimate of drug-likeness (QED) is 0.188. The van der Waals surface area contributed by atoms with E-state index in [-0.39, 0.29) is 0 Å². The molecule has 4 N–H and O–H groups in total.